The van der Waals surface area contributed by atoms with E-state index in [9.17, 15) is 0 Å². The maximum absolute atomic E-state index is 6.46. The Morgan fingerprint density at radius 2 is 2.29 bits per heavy atom. The number of nitrogens with zero attached hydrogens (tertiary/aromatic N) is 2. The van der Waals surface area contributed by atoms with Crippen molar-refractivity contribution in [3.63, 3.8) is 0 Å². The van der Waals surface area contributed by atoms with Gasteiger partial charge in [-0.05, 0) is 57.2 Å². The molecule has 114 valence electrons. The first-order valence-corrected chi connectivity index (χ1v) is 8.85. The largest absolute Gasteiger partial charge is 0.311 e. The van der Waals surface area contributed by atoms with Gasteiger partial charge in [0.15, 0.2) is 0 Å². The van der Waals surface area contributed by atoms with Gasteiger partial charge in [0, 0.05) is 16.8 Å². The summed E-state index contributed by atoms with van der Waals surface area (Å²) in [6, 6.07) is 2.82. The van der Waals surface area contributed by atoms with Crippen LogP contribution in [0.3, 0.4) is 0 Å². The summed E-state index contributed by atoms with van der Waals surface area (Å²) in [7, 11) is 2.03. The molecular weight excluding hydrogens is 302 g/mol. The highest BCUT2D eigenvalue weighted by atomic mass is 35.5. The molecule has 1 aliphatic carbocycles. The van der Waals surface area contributed by atoms with Gasteiger partial charge in [0.25, 0.3) is 0 Å². The quantitative estimate of drug-likeness (QED) is 0.894. The second kappa shape index (κ2) is 6.11. The minimum atomic E-state index is 0.219. The van der Waals surface area contributed by atoms with Crippen molar-refractivity contribution in [3.05, 3.63) is 38.8 Å². The van der Waals surface area contributed by atoms with Crippen LogP contribution in [0.25, 0.3) is 0 Å². The average molecular weight is 324 g/mol. The molecule has 0 fully saturated rings. The van der Waals surface area contributed by atoms with E-state index in [1.807, 2.05) is 18.4 Å². The van der Waals surface area contributed by atoms with E-state index in [0.717, 1.165) is 10.7 Å². The summed E-state index contributed by atoms with van der Waals surface area (Å²) in [5.41, 5.74) is 2.62. The van der Waals surface area contributed by atoms with Crippen molar-refractivity contribution in [3.8, 4) is 0 Å². The van der Waals surface area contributed by atoms with Gasteiger partial charge in [0.2, 0.25) is 0 Å². The summed E-state index contributed by atoms with van der Waals surface area (Å²) < 4.78 is 2.06. The van der Waals surface area contributed by atoms with Gasteiger partial charge in [0.1, 0.15) is 0 Å². The summed E-state index contributed by atoms with van der Waals surface area (Å²) in [5, 5.41) is 11.0. The van der Waals surface area contributed by atoms with E-state index >= 15 is 0 Å². The molecule has 3 rings (SSSR count). The molecule has 3 nitrogen and oxygen atoms in total. The zero-order valence-corrected chi connectivity index (χ0v) is 14.3. The Hall–Kier alpha value is -0.840. The standard InChI is InChI=1S/C16H22ClN3S/c1-10(2)20-16(13(17)9-19-20)15(18-3)12-5-4-6-14-11(12)7-8-21-14/h7-10,12,15,18H,4-6H2,1-3H3. The topological polar surface area (TPSA) is 29.9 Å². The average Bonchev–Trinajstić information content (AvgIpc) is 3.07. The summed E-state index contributed by atoms with van der Waals surface area (Å²) in [6.07, 6.45) is 5.45. The van der Waals surface area contributed by atoms with Gasteiger partial charge in [-0.25, -0.2) is 0 Å². The number of nitrogens with one attached hydrogen (secondary N) is 1. The van der Waals surface area contributed by atoms with Crippen LogP contribution in [0.1, 0.15) is 60.8 Å². The number of likely N-dealkylation sites (N-methyl/N-ethyl adjacent to an activating group) is 1. The van der Waals surface area contributed by atoms with Crippen LogP contribution in [0.15, 0.2) is 17.6 Å². The predicted octanol–water partition coefficient (Wildman–Crippen LogP) is 4.56. The lowest BCUT2D eigenvalue weighted by Crippen LogP contribution is -2.29. The molecule has 5 heteroatoms. The highest BCUT2D eigenvalue weighted by Crippen LogP contribution is 2.43. The second-order valence-electron chi connectivity index (χ2n) is 5.98. The van der Waals surface area contributed by atoms with Gasteiger partial charge in [-0.1, -0.05) is 11.6 Å². The number of aromatic nitrogens is 2. The molecule has 1 aliphatic rings. The van der Waals surface area contributed by atoms with Gasteiger partial charge in [-0.3, -0.25) is 4.68 Å². The Bertz CT molecular complexity index is 617. The minimum absolute atomic E-state index is 0.219. The molecule has 0 amide bonds. The number of aryl methyl sites for hydroxylation is 1. The molecule has 2 aromatic rings. The highest BCUT2D eigenvalue weighted by molar-refractivity contribution is 7.10. The fourth-order valence-corrected chi connectivity index (χ4v) is 4.69. The maximum Gasteiger partial charge on any atom is 0.0834 e. The zero-order chi connectivity index (χ0) is 15.0. The lowest BCUT2D eigenvalue weighted by atomic mass is 9.81. The van der Waals surface area contributed by atoms with Crippen LogP contribution in [0.2, 0.25) is 5.02 Å². The van der Waals surface area contributed by atoms with Crippen LogP contribution < -0.4 is 5.32 Å². The van der Waals surface area contributed by atoms with Gasteiger partial charge in [-0.15, -0.1) is 11.3 Å². The maximum atomic E-state index is 6.46. The number of hydrogen-bond acceptors (Lipinski definition) is 3. The van der Waals surface area contributed by atoms with Crippen molar-refractivity contribution in [2.24, 2.45) is 0 Å². The SMILES string of the molecule is CNC(c1c(Cl)cnn1C(C)C)C1CCCc2sccc21. The van der Waals surface area contributed by atoms with E-state index in [4.69, 9.17) is 11.6 Å². The Morgan fingerprint density at radius 1 is 1.48 bits per heavy atom. The molecule has 0 bridgehead atoms. The van der Waals surface area contributed by atoms with Crippen molar-refractivity contribution < 1.29 is 0 Å². The molecule has 0 saturated carbocycles. The fourth-order valence-electron chi connectivity index (χ4n) is 3.45. The molecule has 21 heavy (non-hydrogen) atoms. The van der Waals surface area contributed by atoms with Gasteiger partial charge < -0.3 is 5.32 Å². The molecule has 0 saturated heterocycles. The van der Waals surface area contributed by atoms with E-state index in [0.29, 0.717) is 12.0 Å². The minimum Gasteiger partial charge on any atom is -0.311 e. The number of hydrogen-bond donors (Lipinski definition) is 1. The highest BCUT2D eigenvalue weighted by Gasteiger charge is 2.32. The molecule has 2 aromatic heterocycles. The third kappa shape index (κ3) is 2.65. The molecular formula is C16H22ClN3S. The third-order valence-corrected chi connectivity index (χ3v) is 5.67. The number of fused-ring (bicyclic) bond motifs is 1. The molecule has 2 atom stereocenters. The number of halogens is 1. The Balaban J connectivity index is 2.03. The van der Waals surface area contributed by atoms with Crippen LogP contribution in [0.5, 0.6) is 0 Å². The van der Waals surface area contributed by atoms with Crippen LogP contribution in [0.4, 0.5) is 0 Å². The monoisotopic (exact) mass is 323 g/mol. The molecule has 0 aliphatic heterocycles. The molecule has 2 heterocycles. The van der Waals surface area contributed by atoms with Crippen molar-refractivity contribution in [2.45, 2.75) is 51.1 Å². The first kappa shape index (κ1) is 15.1. The summed E-state index contributed by atoms with van der Waals surface area (Å²) >= 11 is 8.35. The first-order valence-electron chi connectivity index (χ1n) is 7.60. The normalized spacial score (nSPS) is 19.8. The van der Waals surface area contributed by atoms with Crippen molar-refractivity contribution in [1.82, 2.24) is 15.1 Å². The lowest BCUT2D eigenvalue weighted by Gasteiger charge is -2.31. The van der Waals surface area contributed by atoms with Gasteiger partial charge >= 0.3 is 0 Å². The summed E-state index contributed by atoms with van der Waals surface area (Å²) in [5.74, 6) is 0.483. The molecule has 0 radical (unpaired) electrons. The van der Waals surface area contributed by atoms with Crippen LogP contribution >= 0.6 is 22.9 Å². The van der Waals surface area contributed by atoms with Crippen LogP contribution in [-0.2, 0) is 6.42 Å². The van der Waals surface area contributed by atoms with Crippen molar-refractivity contribution >= 4 is 22.9 Å². The van der Waals surface area contributed by atoms with Gasteiger partial charge in [-0.2, -0.15) is 5.10 Å². The Kier molecular flexibility index (Phi) is 4.38. The molecule has 0 aromatic carbocycles. The molecule has 0 spiro atoms. The Labute approximate surface area is 135 Å². The first-order chi connectivity index (χ1) is 10.1. The predicted molar refractivity (Wildman–Crippen MR) is 89.4 cm³/mol. The third-order valence-electron chi connectivity index (χ3n) is 4.38. The Morgan fingerprint density at radius 3 is 3.00 bits per heavy atom. The summed E-state index contributed by atoms with van der Waals surface area (Å²) in [4.78, 5) is 1.54. The molecule has 1 N–H and O–H groups in total. The summed E-state index contributed by atoms with van der Waals surface area (Å²) in [6.45, 7) is 4.30. The van der Waals surface area contributed by atoms with E-state index in [1.54, 1.807) is 11.1 Å². The van der Waals surface area contributed by atoms with E-state index < -0.39 is 0 Å². The van der Waals surface area contributed by atoms with Crippen LogP contribution in [0, 0.1) is 0 Å². The van der Waals surface area contributed by atoms with E-state index in [-0.39, 0.29) is 6.04 Å². The van der Waals surface area contributed by atoms with Crippen molar-refractivity contribution in [2.75, 3.05) is 7.05 Å². The van der Waals surface area contributed by atoms with E-state index in [2.05, 4.69) is 40.4 Å². The lowest BCUT2D eigenvalue weighted by molar-refractivity contribution is 0.386. The molecule has 2 unspecified atom stereocenters. The number of rotatable bonds is 4. The second-order valence-corrected chi connectivity index (χ2v) is 7.39. The van der Waals surface area contributed by atoms with E-state index in [1.165, 1.54) is 24.8 Å². The number of thiophene rings is 1. The van der Waals surface area contributed by atoms with Crippen molar-refractivity contribution in [1.29, 1.82) is 0 Å². The smallest absolute Gasteiger partial charge is 0.0834 e. The fraction of sp³-hybridized carbons (Fsp3) is 0.562. The zero-order valence-electron chi connectivity index (χ0n) is 12.8. The van der Waals surface area contributed by atoms with Gasteiger partial charge in [0.05, 0.1) is 23.0 Å². The van der Waals surface area contributed by atoms with Crippen LogP contribution in [-0.4, -0.2) is 16.8 Å².